The van der Waals surface area contributed by atoms with E-state index < -0.39 is 24.0 Å². The largest absolute Gasteiger partial charge is 0.459 e. The van der Waals surface area contributed by atoms with Crippen molar-refractivity contribution in [2.24, 2.45) is 0 Å². The van der Waals surface area contributed by atoms with E-state index in [1.165, 1.54) is 75.6 Å². The van der Waals surface area contributed by atoms with Gasteiger partial charge in [-0.3, -0.25) is 0 Å². The minimum absolute atomic E-state index is 0.149. The van der Waals surface area contributed by atoms with Crippen LogP contribution in [0.1, 0.15) is 88.7 Å². The van der Waals surface area contributed by atoms with Crippen LogP contribution in [0.3, 0.4) is 0 Å². The van der Waals surface area contributed by atoms with E-state index in [1.807, 2.05) is 60.7 Å². The van der Waals surface area contributed by atoms with Crippen molar-refractivity contribution in [3.63, 3.8) is 0 Å². The molecular weight excluding hydrogens is 578 g/mol. The van der Waals surface area contributed by atoms with Gasteiger partial charge in [-0.05, 0) is 56.8 Å². The highest BCUT2D eigenvalue weighted by molar-refractivity contribution is 5.86. The molecule has 1 spiro atoms. The second-order valence-electron chi connectivity index (χ2n) is 14.4. The third-order valence-electron chi connectivity index (χ3n) is 11.9. The molecule has 5 fully saturated rings. The highest BCUT2D eigenvalue weighted by atomic mass is 16.7. The minimum Gasteiger partial charge on any atom is -0.459 e. The van der Waals surface area contributed by atoms with Crippen molar-refractivity contribution in [2.75, 3.05) is 39.3 Å². The Morgan fingerprint density at radius 2 is 1.33 bits per heavy atom. The first-order chi connectivity index (χ1) is 22.5. The van der Waals surface area contributed by atoms with Crippen molar-refractivity contribution in [1.29, 1.82) is 0 Å². The van der Waals surface area contributed by atoms with E-state index in [1.54, 1.807) is 11.8 Å². The van der Waals surface area contributed by atoms with Gasteiger partial charge in [0.05, 0.1) is 25.2 Å². The molecule has 2 bridgehead atoms. The number of quaternary nitrogens is 1. The number of benzene rings is 2. The first kappa shape index (κ1) is 31.6. The Bertz CT molecular complexity index is 1260. The van der Waals surface area contributed by atoms with Gasteiger partial charge in [-0.25, -0.2) is 9.59 Å². The van der Waals surface area contributed by atoms with Crippen LogP contribution in [0.25, 0.3) is 0 Å². The lowest BCUT2D eigenvalue weighted by atomic mass is 9.85. The average Bonchev–Trinajstić information content (AvgIpc) is 3.64. The van der Waals surface area contributed by atoms with Gasteiger partial charge in [0.25, 0.3) is 0 Å². The molecule has 0 N–H and O–H groups in total. The van der Waals surface area contributed by atoms with Crippen molar-refractivity contribution in [3.05, 3.63) is 71.8 Å². The van der Waals surface area contributed by atoms with E-state index in [-0.39, 0.29) is 6.10 Å². The molecule has 1 amide bonds. The Kier molecular flexibility index (Phi) is 9.40. The van der Waals surface area contributed by atoms with Crippen LogP contribution in [-0.4, -0.2) is 96.1 Å². The third kappa shape index (κ3) is 6.09. The molecule has 248 valence electrons. The standard InChI is InChI=1S/C38H52N3O5/c1-29(44-37(43)40-23-19-32(20-24-40)39-21-9-4-10-22-39)46-38(30-13-5-2-6-14-30,31-15-7-3-8-16-31)36(42)45-35-27-33-17-18-34(28-35)41(33)25-11-12-26-41/h2-3,5-8,13-16,29,32-35H,4,9-12,17-28H2,1H3/q+1/t29-,33?,34?,35?/m0/s1. The molecule has 7 rings (SSSR count). The van der Waals surface area contributed by atoms with E-state index in [9.17, 15) is 9.59 Å². The van der Waals surface area contributed by atoms with Gasteiger partial charge in [0.2, 0.25) is 11.9 Å². The predicted molar refractivity (Wildman–Crippen MR) is 176 cm³/mol. The topological polar surface area (TPSA) is 68.3 Å². The molecular formula is C38H52N3O5+. The van der Waals surface area contributed by atoms with Crippen molar-refractivity contribution < 1.29 is 28.3 Å². The van der Waals surface area contributed by atoms with E-state index >= 15 is 0 Å². The van der Waals surface area contributed by atoms with Crippen LogP contribution in [0.5, 0.6) is 0 Å². The molecule has 2 aromatic rings. The lowest BCUT2D eigenvalue weighted by molar-refractivity contribution is -0.956. The average molecular weight is 631 g/mol. The van der Waals surface area contributed by atoms with Crippen LogP contribution in [0, 0.1) is 0 Å². The van der Waals surface area contributed by atoms with Crippen molar-refractivity contribution in [3.8, 4) is 0 Å². The summed E-state index contributed by atoms with van der Waals surface area (Å²) in [6.45, 7) is 7.93. The SMILES string of the molecule is C[C@@H](OC(=O)N1CCC(N2CCCCC2)CC1)OC(C(=O)OC1CC2CCC(C1)[N+]21CCCC1)(c1ccccc1)c1ccccc1. The number of carbonyl (C=O) groups excluding carboxylic acids is 2. The summed E-state index contributed by atoms with van der Waals surface area (Å²) in [6.07, 6.45) is 11.1. The second kappa shape index (κ2) is 13.7. The molecule has 46 heavy (non-hydrogen) atoms. The quantitative estimate of drug-likeness (QED) is 0.196. The molecule has 3 atom stereocenters. The zero-order chi connectivity index (χ0) is 31.6. The number of esters is 1. The summed E-state index contributed by atoms with van der Waals surface area (Å²) in [4.78, 5) is 32.5. The molecule has 5 heterocycles. The van der Waals surface area contributed by atoms with Crippen molar-refractivity contribution in [1.82, 2.24) is 9.80 Å². The van der Waals surface area contributed by atoms with Crippen LogP contribution >= 0.6 is 0 Å². The zero-order valence-corrected chi connectivity index (χ0v) is 27.6. The Morgan fingerprint density at radius 1 is 0.761 bits per heavy atom. The Balaban J connectivity index is 1.08. The van der Waals surface area contributed by atoms with Crippen LogP contribution in [0.2, 0.25) is 0 Å². The fourth-order valence-corrected chi connectivity index (χ4v) is 9.66. The van der Waals surface area contributed by atoms with Gasteiger partial charge in [0.15, 0.2) is 0 Å². The molecule has 8 nitrogen and oxygen atoms in total. The summed E-state index contributed by atoms with van der Waals surface area (Å²) in [5, 5.41) is 0. The molecule has 0 aliphatic carbocycles. The van der Waals surface area contributed by atoms with Gasteiger partial charge in [-0.1, -0.05) is 67.1 Å². The molecule has 5 aliphatic rings. The van der Waals surface area contributed by atoms with Crippen LogP contribution in [-0.2, 0) is 24.6 Å². The maximum atomic E-state index is 14.7. The maximum Gasteiger partial charge on any atom is 0.412 e. The lowest BCUT2D eigenvalue weighted by Crippen LogP contribution is -2.60. The van der Waals surface area contributed by atoms with Gasteiger partial charge in [0.1, 0.15) is 6.10 Å². The van der Waals surface area contributed by atoms with Gasteiger partial charge >= 0.3 is 12.1 Å². The Morgan fingerprint density at radius 3 is 1.89 bits per heavy atom. The molecule has 5 aliphatic heterocycles. The molecule has 8 heteroatoms. The summed E-state index contributed by atoms with van der Waals surface area (Å²) in [5.74, 6) is -0.436. The van der Waals surface area contributed by atoms with E-state index in [4.69, 9.17) is 14.2 Å². The molecule has 2 unspecified atom stereocenters. The molecule has 0 radical (unpaired) electrons. The number of rotatable bonds is 8. The van der Waals surface area contributed by atoms with E-state index in [0.29, 0.717) is 42.3 Å². The number of piperidine rings is 3. The number of nitrogens with zero attached hydrogens (tertiary/aromatic N) is 3. The fraction of sp³-hybridized carbons (Fsp3) is 0.632. The number of amides is 1. The summed E-state index contributed by atoms with van der Waals surface area (Å²) in [5.41, 5.74) is -0.253. The number of hydrogen-bond acceptors (Lipinski definition) is 6. The van der Waals surface area contributed by atoms with Crippen LogP contribution in [0.15, 0.2) is 60.7 Å². The molecule has 5 saturated heterocycles. The fourth-order valence-electron chi connectivity index (χ4n) is 9.66. The summed E-state index contributed by atoms with van der Waals surface area (Å²) >= 11 is 0. The maximum absolute atomic E-state index is 14.7. The number of hydrogen-bond donors (Lipinski definition) is 0. The van der Waals surface area contributed by atoms with Crippen LogP contribution in [0.4, 0.5) is 4.79 Å². The number of carbonyl (C=O) groups is 2. The van der Waals surface area contributed by atoms with Gasteiger partial charge in [0, 0.05) is 57.7 Å². The third-order valence-corrected chi connectivity index (χ3v) is 11.9. The van der Waals surface area contributed by atoms with Gasteiger partial charge in [-0.2, -0.15) is 0 Å². The Labute approximate surface area is 274 Å². The second-order valence-corrected chi connectivity index (χ2v) is 14.4. The highest BCUT2D eigenvalue weighted by Gasteiger charge is 2.57. The number of likely N-dealkylation sites (tertiary alicyclic amines) is 2. The zero-order valence-electron chi connectivity index (χ0n) is 27.6. The number of ether oxygens (including phenoxy) is 3. The van der Waals surface area contributed by atoms with E-state index in [2.05, 4.69) is 4.90 Å². The van der Waals surface area contributed by atoms with Gasteiger partial charge < -0.3 is 28.5 Å². The summed E-state index contributed by atoms with van der Waals surface area (Å²) in [6, 6.07) is 20.8. The summed E-state index contributed by atoms with van der Waals surface area (Å²) < 4.78 is 20.4. The highest BCUT2D eigenvalue weighted by Crippen LogP contribution is 2.47. The monoisotopic (exact) mass is 630 g/mol. The first-order valence-electron chi connectivity index (χ1n) is 18.0. The normalized spacial score (nSPS) is 27.4. The lowest BCUT2D eigenvalue weighted by Gasteiger charge is -2.47. The predicted octanol–water partition coefficient (Wildman–Crippen LogP) is 6.23. The first-order valence-corrected chi connectivity index (χ1v) is 18.0. The summed E-state index contributed by atoms with van der Waals surface area (Å²) in [7, 11) is 0. The van der Waals surface area contributed by atoms with Crippen molar-refractivity contribution in [2.45, 2.75) is 114 Å². The smallest absolute Gasteiger partial charge is 0.412 e. The minimum atomic E-state index is -1.58. The molecule has 2 aromatic carbocycles. The van der Waals surface area contributed by atoms with Gasteiger partial charge in [-0.15, -0.1) is 0 Å². The molecule has 0 saturated carbocycles. The molecule has 0 aromatic heterocycles. The Hall–Kier alpha value is -2.94. The van der Waals surface area contributed by atoms with E-state index in [0.717, 1.165) is 25.7 Å². The van der Waals surface area contributed by atoms with Crippen LogP contribution < -0.4 is 0 Å². The van der Waals surface area contributed by atoms with Crippen molar-refractivity contribution >= 4 is 12.1 Å².